The lowest BCUT2D eigenvalue weighted by Crippen LogP contribution is -2.18. The smallest absolute Gasteiger partial charge is 0.240 e. The highest BCUT2D eigenvalue weighted by Gasteiger charge is 2.23. The molecule has 2 aromatic heterocycles. The number of nitrogens with zero attached hydrogens (tertiary/aromatic N) is 1. The molecule has 0 bridgehead atoms. The highest BCUT2D eigenvalue weighted by atomic mass is 35.5. The molecular weight excluding hydrogens is 492 g/mol. The van der Waals surface area contributed by atoms with E-state index in [0.717, 1.165) is 0 Å². The van der Waals surface area contributed by atoms with Crippen molar-refractivity contribution in [2.75, 3.05) is 12.8 Å². The first-order chi connectivity index (χ1) is 15.6. The first-order valence-corrected chi connectivity index (χ1v) is 11.9. The minimum Gasteiger partial charge on any atom is -0.478 e. The number of pyridine rings is 1. The van der Waals surface area contributed by atoms with Crippen LogP contribution in [0.2, 0.25) is 10.0 Å². The topological polar surface area (TPSA) is 107 Å². The Morgan fingerprint density at radius 2 is 2.00 bits per heavy atom. The number of nitrogens with one attached hydrogen (secondary N) is 1. The summed E-state index contributed by atoms with van der Waals surface area (Å²) in [5.74, 6) is -0.459. The van der Waals surface area contributed by atoms with Crippen molar-refractivity contribution < 1.29 is 22.0 Å². The van der Waals surface area contributed by atoms with Crippen LogP contribution in [0.1, 0.15) is 18.6 Å². The van der Waals surface area contributed by atoms with Crippen LogP contribution in [0, 0.1) is 5.82 Å². The largest absolute Gasteiger partial charge is 0.478 e. The number of aromatic nitrogens is 1. The predicted molar refractivity (Wildman–Crippen MR) is 126 cm³/mol. The van der Waals surface area contributed by atoms with Crippen LogP contribution in [-0.2, 0) is 10.0 Å². The number of sulfonamides is 1. The average Bonchev–Trinajstić information content (AvgIpc) is 3.23. The third-order valence-electron chi connectivity index (χ3n) is 5.11. The van der Waals surface area contributed by atoms with Gasteiger partial charge in [-0.2, -0.15) is 0 Å². The summed E-state index contributed by atoms with van der Waals surface area (Å²) in [5.41, 5.74) is 7.76. The molecule has 7 nitrogen and oxygen atoms in total. The van der Waals surface area contributed by atoms with E-state index in [1.807, 2.05) is 0 Å². The average molecular weight is 510 g/mol. The number of anilines is 1. The summed E-state index contributed by atoms with van der Waals surface area (Å²) in [4.78, 5) is 4.28. The van der Waals surface area contributed by atoms with Gasteiger partial charge in [0.15, 0.2) is 11.4 Å². The van der Waals surface area contributed by atoms with E-state index in [-0.39, 0.29) is 37.7 Å². The molecule has 0 spiro atoms. The van der Waals surface area contributed by atoms with E-state index in [1.165, 1.54) is 43.8 Å². The molecule has 0 radical (unpaired) electrons. The van der Waals surface area contributed by atoms with Crippen molar-refractivity contribution in [2.45, 2.75) is 17.9 Å². The second-order valence-electron chi connectivity index (χ2n) is 7.12. The number of fused-ring (bicyclic) bond motifs is 1. The fraction of sp³-hybridized carbons (Fsp3) is 0.136. The van der Waals surface area contributed by atoms with Gasteiger partial charge in [-0.05, 0) is 43.8 Å². The molecule has 2 heterocycles. The fourth-order valence-electron chi connectivity index (χ4n) is 3.42. The molecule has 11 heteroatoms. The molecule has 2 aromatic carbocycles. The molecular formula is C22H18Cl2FN3O4S. The molecule has 0 fully saturated rings. The van der Waals surface area contributed by atoms with Gasteiger partial charge < -0.3 is 14.9 Å². The Morgan fingerprint density at radius 1 is 1.24 bits per heavy atom. The highest BCUT2D eigenvalue weighted by Crippen LogP contribution is 2.41. The number of benzene rings is 2. The van der Waals surface area contributed by atoms with Crippen molar-refractivity contribution in [3.05, 3.63) is 70.3 Å². The van der Waals surface area contributed by atoms with Gasteiger partial charge in [-0.1, -0.05) is 35.3 Å². The van der Waals surface area contributed by atoms with Gasteiger partial charge in [0.2, 0.25) is 15.8 Å². The second kappa shape index (κ2) is 8.83. The molecule has 0 aliphatic heterocycles. The van der Waals surface area contributed by atoms with E-state index in [2.05, 4.69) is 9.71 Å². The van der Waals surface area contributed by atoms with Crippen molar-refractivity contribution in [3.63, 3.8) is 0 Å². The molecule has 1 unspecified atom stereocenters. The zero-order valence-electron chi connectivity index (χ0n) is 17.4. The lowest BCUT2D eigenvalue weighted by Gasteiger charge is -2.18. The Balaban J connectivity index is 1.79. The van der Waals surface area contributed by atoms with Gasteiger partial charge in [-0.25, -0.2) is 22.5 Å². The van der Waals surface area contributed by atoms with Gasteiger partial charge in [0.05, 0.1) is 21.6 Å². The van der Waals surface area contributed by atoms with Crippen molar-refractivity contribution in [1.82, 2.24) is 9.71 Å². The molecule has 0 amide bonds. The van der Waals surface area contributed by atoms with Crippen LogP contribution in [0.5, 0.6) is 5.75 Å². The second-order valence-corrected chi connectivity index (χ2v) is 9.79. The summed E-state index contributed by atoms with van der Waals surface area (Å²) in [5, 5.41) is 0.619. The number of rotatable bonds is 6. The van der Waals surface area contributed by atoms with Crippen molar-refractivity contribution in [3.8, 4) is 16.9 Å². The van der Waals surface area contributed by atoms with E-state index >= 15 is 0 Å². The third kappa shape index (κ3) is 4.24. The van der Waals surface area contributed by atoms with E-state index in [4.69, 9.17) is 38.1 Å². The molecule has 4 rings (SSSR count). The Morgan fingerprint density at radius 3 is 2.73 bits per heavy atom. The van der Waals surface area contributed by atoms with Gasteiger partial charge in [-0.15, -0.1) is 0 Å². The lowest BCUT2D eigenvalue weighted by molar-refractivity contribution is 0.227. The summed E-state index contributed by atoms with van der Waals surface area (Å²) >= 11 is 12.3. The molecule has 0 saturated heterocycles. The Hall–Kier alpha value is -2.85. The van der Waals surface area contributed by atoms with E-state index in [1.54, 1.807) is 19.1 Å². The Labute approximate surface area is 199 Å². The highest BCUT2D eigenvalue weighted by molar-refractivity contribution is 7.89. The molecule has 3 N–H and O–H groups in total. The van der Waals surface area contributed by atoms with Crippen LogP contribution < -0.4 is 15.2 Å². The van der Waals surface area contributed by atoms with E-state index in [0.29, 0.717) is 16.5 Å². The maximum atomic E-state index is 14.0. The van der Waals surface area contributed by atoms with Gasteiger partial charge in [-0.3, -0.25) is 0 Å². The summed E-state index contributed by atoms with van der Waals surface area (Å²) in [6.45, 7) is 1.64. The van der Waals surface area contributed by atoms with Crippen molar-refractivity contribution in [1.29, 1.82) is 0 Å². The number of ether oxygens (including phenoxy) is 1. The third-order valence-corrected chi connectivity index (χ3v) is 7.23. The summed E-state index contributed by atoms with van der Waals surface area (Å²) < 4.78 is 52.4. The molecule has 4 aromatic rings. The molecule has 0 saturated carbocycles. The number of hydrogen-bond donors (Lipinski definition) is 2. The van der Waals surface area contributed by atoms with E-state index < -0.39 is 21.9 Å². The van der Waals surface area contributed by atoms with Crippen LogP contribution in [-0.4, -0.2) is 20.4 Å². The standard InChI is InChI=1S/C22H18Cl2FN3O4S/c1-11(18-16(23)6-7-17(25)19(18)24)32-21-20-14(9-28-22(21)26)15(10-31-20)12-4-3-5-13(8-12)33(29,30)27-2/h3-11,27H,1-2H3,(H2,26,28). The first kappa shape index (κ1) is 23.3. The Kier molecular flexibility index (Phi) is 6.24. The first-order valence-electron chi connectivity index (χ1n) is 9.63. The summed E-state index contributed by atoms with van der Waals surface area (Å²) in [6, 6.07) is 8.91. The van der Waals surface area contributed by atoms with Crippen LogP contribution in [0.15, 0.2) is 58.2 Å². The molecule has 33 heavy (non-hydrogen) atoms. The lowest BCUT2D eigenvalue weighted by atomic mass is 10.1. The maximum Gasteiger partial charge on any atom is 0.240 e. The number of furan rings is 1. The van der Waals surface area contributed by atoms with Crippen LogP contribution in [0.4, 0.5) is 10.2 Å². The Bertz CT molecular complexity index is 1470. The minimum atomic E-state index is -3.63. The fourth-order valence-corrected chi connectivity index (χ4v) is 4.87. The molecule has 0 aliphatic rings. The van der Waals surface area contributed by atoms with Crippen molar-refractivity contribution in [2.24, 2.45) is 0 Å². The number of halogens is 3. The predicted octanol–water partition coefficient (Wildman–Crippen LogP) is 5.57. The van der Waals surface area contributed by atoms with Gasteiger partial charge >= 0.3 is 0 Å². The van der Waals surface area contributed by atoms with Gasteiger partial charge in [0.25, 0.3) is 0 Å². The number of nitrogens with two attached hydrogens (primary N) is 1. The van der Waals surface area contributed by atoms with Crippen LogP contribution in [0.25, 0.3) is 22.1 Å². The van der Waals surface area contributed by atoms with E-state index in [9.17, 15) is 12.8 Å². The normalized spacial score (nSPS) is 12.8. The van der Waals surface area contributed by atoms with Crippen LogP contribution >= 0.6 is 23.2 Å². The monoisotopic (exact) mass is 509 g/mol. The maximum absolute atomic E-state index is 14.0. The quantitative estimate of drug-likeness (QED) is 0.329. The van der Waals surface area contributed by atoms with Gasteiger partial charge in [0.1, 0.15) is 11.9 Å². The number of nitrogen functional groups attached to an aromatic ring is 1. The van der Waals surface area contributed by atoms with Crippen LogP contribution in [0.3, 0.4) is 0 Å². The zero-order chi connectivity index (χ0) is 23.9. The van der Waals surface area contributed by atoms with Crippen molar-refractivity contribution >= 4 is 50.0 Å². The molecule has 1 atom stereocenters. The summed E-state index contributed by atoms with van der Waals surface area (Å²) in [6.07, 6.45) is 2.17. The number of hydrogen-bond acceptors (Lipinski definition) is 6. The zero-order valence-corrected chi connectivity index (χ0v) is 19.7. The summed E-state index contributed by atoms with van der Waals surface area (Å²) in [7, 11) is -2.30. The SMILES string of the molecule is CNS(=O)(=O)c1cccc(-c2coc3c(OC(C)c4c(Cl)ccc(F)c4Cl)c(N)ncc23)c1. The molecule has 172 valence electrons. The minimum absolute atomic E-state index is 0.0467. The van der Waals surface area contributed by atoms with Gasteiger partial charge in [0, 0.05) is 22.3 Å². The molecule has 0 aliphatic carbocycles.